The highest BCUT2D eigenvalue weighted by molar-refractivity contribution is 7.90. The molecule has 2 atom stereocenters. The molecular weight excluding hydrogens is 264 g/mol. The molecular formula is C13H20N2O3S. The number of hydrogen-bond donors (Lipinski definition) is 2. The minimum atomic E-state index is -3.40. The maximum absolute atomic E-state index is 12.2. The molecule has 0 spiro atoms. The molecule has 0 saturated carbocycles. The summed E-state index contributed by atoms with van der Waals surface area (Å²) in [7, 11) is -3.40. The maximum atomic E-state index is 12.2. The Kier molecular flexibility index (Phi) is 4.44. The van der Waals surface area contributed by atoms with Crippen molar-refractivity contribution >= 4 is 10.0 Å². The molecule has 0 fully saturated rings. The molecule has 1 heterocycles. The summed E-state index contributed by atoms with van der Waals surface area (Å²) in [5.41, 5.74) is 6.42. The first-order valence-electron chi connectivity index (χ1n) is 6.51. The summed E-state index contributed by atoms with van der Waals surface area (Å²) in [4.78, 5) is 0. The number of sulfonamides is 1. The van der Waals surface area contributed by atoms with Gasteiger partial charge in [0.15, 0.2) is 0 Å². The molecule has 0 aliphatic carbocycles. The van der Waals surface area contributed by atoms with Crippen molar-refractivity contribution in [3.63, 3.8) is 0 Å². The summed E-state index contributed by atoms with van der Waals surface area (Å²) in [6.07, 6.45) is 1.15. The zero-order chi connectivity index (χ0) is 13.9. The number of hydrogen-bond acceptors (Lipinski definition) is 4. The van der Waals surface area contributed by atoms with E-state index in [1.807, 2.05) is 31.2 Å². The Morgan fingerprint density at radius 1 is 1.47 bits per heavy atom. The Balaban J connectivity index is 2.21. The van der Waals surface area contributed by atoms with E-state index in [1.54, 1.807) is 0 Å². The van der Waals surface area contributed by atoms with Gasteiger partial charge in [0.2, 0.25) is 10.0 Å². The molecule has 3 N–H and O–H groups in total. The van der Waals surface area contributed by atoms with E-state index in [2.05, 4.69) is 4.72 Å². The highest BCUT2D eigenvalue weighted by Gasteiger charge is 2.29. The Labute approximate surface area is 114 Å². The van der Waals surface area contributed by atoms with Gasteiger partial charge in [-0.3, -0.25) is 0 Å². The summed E-state index contributed by atoms with van der Waals surface area (Å²) in [6.45, 7) is 2.48. The molecule has 0 aromatic heterocycles. The van der Waals surface area contributed by atoms with Gasteiger partial charge >= 0.3 is 0 Å². The van der Waals surface area contributed by atoms with Crippen LogP contribution in [0.15, 0.2) is 24.3 Å². The van der Waals surface area contributed by atoms with Crippen LogP contribution < -0.4 is 15.2 Å². The van der Waals surface area contributed by atoms with Gasteiger partial charge < -0.3 is 10.5 Å². The van der Waals surface area contributed by atoms with E-state index in [9.17, 15) is 8.42 Å². The molecule has 2 unspecified atom stereocenters. The summed E-state index contributed by atoms with van der Waals surface area (Å²) in [5.74, 6) is 0.752. The van der Waals surface area contributed by atoms with Crippen LogP contribution in [0, 0.1) is 0 Å². The van der Waals surface area contributed by atoms with Gasteiger partial charge in [0.1, 0.15) is 5.75 Å². The van der Waals surface area contributed by atoms with Crippen LogP contribution in [0.5, 0.6) is 5.75 Å². The molecule has 106 valence electrons. The first kappa shape index (κ1) is 14.3. The van der Waals surface area contributed by atoms with Crippen LogP contribution in [-0.4, -0.2) is 26.8 Å². The summed E-state index contributed by atoms with van der Waals surface area (Å²) >= 11 is 0. The number of nitrogens with two attached hydrogens (primary N) is 1. The predicted octanol–water partition coefficient (Wildman–Crippen LogP) is 1.17. The molecule has 19 heavy (non-hydrogen) atoms. The van der Waals surface area contributed by atoms with Crippen molar-refractivity contribution in [1.29, 1.82) is 0 Å². The topological polar surface area (TPSA) is 81.4 Å². The van der Waals surface area contributed by atoms with Gasteiger partial charge in [-0.25, -0.2) is 13.1 Å². The average molecular weight is 284 g/mol. The number of nitrogens with one attached hydrogen (secondary N) is 1. The van der Waals surface area contributed by atoms with Crippen molar-refractivity contribution in [2.45, 2.75) is 31.1 Å². The normalized spacial score (nSPS) is 20.4. The third-order valence-corrected chi connectivity index (χ3v) is 5.44. The van der Waals surface area contributed by atoms with Crippen LogP contribution >= 0.6 is 0 Å². The van der Waals surface area contributed by atoms with E-state index in [1.165, 1.54) is 0 Å². The van der Waals surface area contributed by atoms with Crippen LogP contribution in [0.25, 0.3) is 0 Å². The zero-order valence-corrected chi connectivity index (χ0v) is 11.8. The highest BCUT2D eigenvalue weighted by atomic mass is 32.2. The van der Waals surface area contributed by atoms with Gasteiger partial charge in [0, 0.05) is 18.5 Å². The SMILES string of the molecule is CCC(CN)S(=O)(=O)NC1CCOc2ccccc21. The number of fused-ring (bicyclic) bond motifs is 1. The lowest BCUT2D eigenvalue weighted by Gasteiger charge is -2.27. The van der Waals surface area contributed by atoms with E-state index in [-0.39, 0.29) is 12.6 Å². The Hall–Kier alpha value is -1.11. The van der Waals surface area contributed by atoms with Crippen LogP contribution in [0.3, 0.4) is 0 Å². The fourth-order valence-electron chi connectivity index (χ4n) is 2.27. The minimum Gasteiger partial charge on any atom is -0.493 e. The standard InChI is InChI=1S/C13H20N2O3S/c1-2-10(9-14)19(16,17)15-12-7-8-18-13-6-4-3-5-11(12)13/h3-6,10,12,15H,2,7-9,14H2,1H3. The Morgan fingerprint density at radius 2 is 2.21 bits per heavy atom. The molecule has 5 nitrogen and oxygen atoms in total. The first-order chi connectivity index (χ1) is 9.08. The number of para-hydroxylation sites is 1. The Morgan fingerprint density at radius 3 is 2.89 bits per heavy atom. The zero-order valence-electron chi connectivity index (χ0n) is 11.0. The van der Waals surface area contributed by atoms with Crippen molar-refractivity contribution in [3.8, 4) is 5.75 Å². The van der Waals surface area contributed by atoms with Gasteiger partial charge in [0.25, 0.3) is 0 Å². The second kappa shape index (κ2) is 5.90. The van der Waals surface area contributed by atoms with Crippen molar-refractivity contribution in [3.05, 3.63) is 29.8 Å². The lowest BCUT2D eigenvalue weighted by Crippen LogP contribution is -2.41. The molecule has 1 aliphatic heterocycles. The first-order valence-corrected chi connectivity index (χ1v) is 8.06. The molecule has 2 rings (SSSR count). The lowest BCUT2D eigenvalue weighted by molar-refractivity contribution is 0.263. The average Bonchev–Trinajstić information content (AvgIpc) is 2.40. The largest absolute Gasteiger partial charge is 0.493 e. The molecule has 0 bridgehead atoms. The van der Waals surface area contributed by atoms with Crippen molar-refractivity contribution in [2.75, 3.05) is 13.2 Å². The second-order valence-electron chi connectivity index (χ2n) is 4.66. The fraction of sp³-hybridized carbons (Fsp3) is 0.538. The van der Waals surface area contributed by atoms with Crippen LogP contribution in [-0.2, 0) is 10.0 Å². The maximum Gasteiger partial charge on any atom is 0.216 e. The van der Waals surface area contributed by atoms with Crippen LogP contribution in [0.2, 0.25) is 0 Å². The fourth-order valence-corrected chi connectivity index (χ4v) is 3.80. The molecule has 0 amide bonds. The number of rotatable bonds is 5. The molecule has 0 saturated heterocycles. The third-order valence-electron chi connectivity index (χ3n) is 3.42. The Bertz CT molecular complexity index is 526. The second-order valence-corrected chi connectivity index (χ2v) is 6.65. The molecule has 1 aliphatic rings. The molecule has 6 heteroatoms. The molecule has 1 aromatic rings. The summed E-state index contributed by atoms with van der Waals surface area (Å²) in [5, 5.41) is -0.539. The monoisotopic (exact) mass is 284 g/mol. The highest BCUT2D eigenvalue weighted by Crippen LogP contribution is 2.32. The van der Waals surface area contributed by atoms with Gasteiger partial charge in [-0.15, -0.1) is 0 Å². The summed E-state index contributed by atoms with van der Waals surface area (Å²) < 4.78 is 32.8. The predicted molar refractivity (Wildman–Crippen MR) is 74.5 cm³/mol. The van der Waals surface area contributed by atoms with E-state index in [0.29, 0.717) is 19.4 Å². The van der Waals surface area contributed by atoms with E-state index in [4.69, 9.17) is 10.5 Å². The van der Waals surface area contributed by atoms with E-state index in [0.717, 1.165) is 11.3 Å². The third kappa shape index (κ3) is 3.08. The molecule has 0 radical (unpaired) electrons. The quantitative estimate of drug-likeness (QED) is 0.850. The molecule has 1 aromatic carbocycles. The van der Waals surface area contributed by atoms with Crippen molar-refractivity contribution in [2.24, 2.45) is 5.73 Å². The van der Waals surface area contributed by atoms with Crippen LogP contribution in [0.1, 0.15) is 31.4 Å². The van der Waals surface area contributed by atoms with Crippen molar-refractivity contribution in [1.82, 2.24) is 4.72 Å². The van der Waals surface area contributed by atoms with Gasteiger partial charge in [0.05, 0.1) is 17.9 Å². The summed E-state index contributed by atoms with van der Waals surface area (Å²) in [6, 6.07) is 7.29. The number of ether oxygens (including phenoxy) is 1. The van der Waals surface area contributed by atoms with Gasteiger partial charge in [-0.1, -0.05) is 25.1 Å². The smallest absolute Gasteiger partial charge is 0.216 e. The van der Waals surface area contributed by atoms with Gasteiger partial charge in [-0.2, -0.15) is 0 Å². The lowest BCUT2D eigenvalue weighted by atomic mass is 10.0. The number of benzene rings is 1. The van der Waals surface area contributed by atoms with E-state index < -0.39 is 15.3 Å². The minimum absolute atomic E-state index is 0.136. The van der Waals surface area contributed by atoms with E-state index >= 15 is 0 Å². The van der Waals surface area contributed by atoms with Crippen molar-refractivity contribution < 1.29 is 13.2 Å². The van der Waals surface area contributed by atoms with Gasteiger partial charge in [-0.05, 0) is 12.5 Å². The van der Waals surface area contributed by atoms with Crippen LogP contribution in [0.4, 0.5) is 0 Å².